The van der Waals surface area contributed by atoms with Crippen molar-refractivity contribution < 1.29 is 52.7 Å². The van der Waals surface area contributed by atoms with Crippen molar-refractivity contribution in [1.82, 2.24) is 5.32 Å². The highest BCUT2D eigenvalue weighted by Crippen LogP contribution is 2.41. The van der Waals surface area contributed by atoms with Crippen LogP contribution in [-0.4, -0.2) is 44.2 Å². The molecule has 0 aliphatic rings. The number of carbonyl (C=O) groups excluding carboxylic acids is 1. The van der Waals surface area contributed by atoms with E-state index in [1.165, 1.54) is 6.92 Å². The van der Waals surface area contributed by atoms with Crippen molar-refractivity contribution in [1.29, 1.82) is 0 Å². The van der Waals surface area contributed by atoms with Crippen LogP contribution in [0.2, 0.25) is 15.1 Å². The molecule has 41 heavy (non-hydrogen) atoms. The topological polar surface area (TPSA) is 63.2 Å². The third-order valence-corrected chi connectivity index (χ3v) is 8.33. The molecule has 228 valence electrons. The Bertz CT molecular complexity index is 1380. The summed E-state index contributed by atoms with van der Waals surface area (Å²) in [6.45, 7) is 1.30. The Morgan fingerprint density at radius 1 is 0.951 bits per heavy atom. The molecule has 0 aliphatic heterocycles. The lowest BCUT2D eigenvalue weighted by Crippen LogP contribution is -2.41. The molecule has 0 heterocycles. The van der Waals surface area contributed by atoms with E-state index < -0.39 is 80.0 Å². The standard InChI is InChI=1S/C24H19Cl3F9NO3S/c1-2-14(10-41(39,40)11-22(28,29)30)37-21(38)15-5-3-12(7-17(15)24(34,35)36)4-6-16(23(31,32)33)13-8-18(25)20(27)19(26)9-13/h3-9,14,16H,2,10-11H2,1H3,(H,37,38)/b6-4+. The van der Waals surface area contributed by atoms with E-state index in [1.54, 1.807) is 0 Å². The minimum absolute atomic E-state index is 0.200. The van der Waals surface area contributed by atoms with E-state index in [4.69, 9.17) is 34.8 Å². The molecule has 2 aromatic rings. The van der Waals surface area contributed by atoms with Gasteiger partial charge < -0.3 is 5.32 Å². The van der Waals surface area contributed by atoms with E-state index in [0.717, 1.165) is 24.3 Å². The van der Waals surface area contributed by atoms with Crippen LogP contribution in [0.3, 0.4) is 0 Å². The van der Waals surface area contributed by atoms with Gasteiger partial charge >= 0.3 is 18.5 Å². The average molecular weight is 679 g/mol. The van der Waals surface area contributed by atoms with Crippen LogP contribution in [0.15, 0.2) is 36.4 Å². The van der Waals surface area contributed by atoms with Crippen LogP contribution >= 0.6 is 34.8 Å². The molecule has 0 saturated heterocycles. The monoisotopic (exact) mass is 677 g/mol. The molecule has 0 spiro atoms. The number of nitrogens with one attached hydrogen (secondary N) is 1. The number of hydrogen-bond donors (Lipinski definition) is 1. The van der Waals surface area contributed by atoms with Crippen LogP contribution < -0.4 is 5.32 Å². The lowest BCUT2D eigenvalue weighted by Gasteiger charge is -2.20. The van der Waals surface area contributed by atoms with Crippen LogP contribution in [0, 0.1) is 0 Å². The summed E-state index contributed by atoms with van der Waals surface area (Å²) in [7, 11) is -4.77. The molecule has 4 nitrogen and oxygen atoms in total. The van der Waals surface area contributed by atoms with Crippen LogP contribution in [-0.2, 0) is 16.0 Å². The first-order valence-corrected chi connectivity index (χ1v) is 14.2. The highest BCUT2D eigenvalue weighted by Gasteiger charge is 2.40. The molecule has 2 atom stereocenters. The number of carbonyl (C=O) groups is 1. The fraction of sp³-hybridized carbons (Fsp3) is 0.375. The van der Waals surface area contributed by atoms with Crippen molar-refractivity contribution in [2.45, 2.75) is 43.8 Å². The summed E-state index contributed by atoms with van der Waals surface area (Å²) in [4.78, 5) is 12.6. The van der Waals surface area contributed by atoms with E-state index in [9.17, 15) is 52.7 Å². The maximum atomic E-state index is 13.8. The van der Waals surface area contributed by atoms with Gasteiger partial charge in [0.15, 0.2) is 9.84 Å². The van der Waals surface area contributed by atoms with Gasteiger partial charge in [0, 0.05) is 6.04 Å². The molecule has 1 N–H and O–H groups in total. The minimum atomic E-state index is -5.19. The van der Waals surface area contributed by atoms with Crippen LogP contribution in [0.4, 0.5) is 39.5 Å². The van der Waals surface area contributed by atoms with E-state index in [-0.39, 0.29) is 21.5 Å². The molecule has 1 amide bonds. The number of alkyl halides is 9. The van der Waals surface area contributed by atoms with E-state index in [1.807, 2.05) is 5.32 Å². The van der Waals surface area contributed by atoms with Crippen molar-refractivity contribution in [3.8, 4) is 0 Å². The first-order chi connectivity index (χ1) is 18.5. The number of hydrogen-bond acceptors (Lipinski definition) is 3. The number of rotatable bonds is 9. The Balaban J connectivity index is 2.42. The molecule has 0 radical (unpaired) electrons. The highest BCUT2D eigenvalue weighted by molar-refractivity contribution is 7.91. The van der Waals surface area contributed by atoms with E-state index in [0.29, 0.717) is 18.2 Å². The van der Waals surface area contributed by atoms with Gasteiger partial charge in [-0.25, -0.2) is 8.42 Å². The zero-order valence-electron chi connectivity index (χ0n) is 20.5. The first-order valence-electron chi connectivity index (χ1n) is 11.2. The predicted molar refractivity (Wildman–Crippen MR) is 137 cm³/mol. The second kappa shape index (κ2) is 13.0. The predicted octanol–water partition coefficient (Wildman–Crippen LogP) is 8.51. The van der Waals surface area contributed by atoms with Gasteiger partial charge in [-0.05, 0) is 41.8 Å². The third kappa shape index (κ3) is 10.3. The molecule has 0 aliphatic carbocycles. The lowest BCUT2D eigenvalue weighted by molar-refractivity contribution is -0.139. The summed E-state index contributed by atoms with van der Waals surface area (Å²) in [5.74, 6) is -7.18. The molecular weight excluding hydrogens is 660 g/mol. The number of sulfone groups is 1. The van der Waals surface area contributed by atoms with Crippen LogP contribution in [0.25, 0.3) is 6.08 Å². The number of allylic oxidation sites excluding steroid dienone is 1. The Morgan fingerprint density at radius 2 is 1.51 bits per heavy atom. The van der Waals surface area contributed by atoms with Gasteiger partial charge in [0.2, 0.25) is 0 Å². The Morgan fingerprint density at radius 3 is 1.98 bits per heavy atom. The number of halogens is 12. The molecule has 0 fully saturated rings. The summed E-state index contributed by atoms with van der Waals surface area (Å²) < 4.78 is 144. The number of amides is 1. The molecule has 0 saturated carbocycles. The fourth-order valence-corrected chi connectivity index (χ4v) is 5.77. The molecule has 2 aromatic carbocycles. The SMILES string of the molecule is CCC(CS(=O)(=O)CC(F)(F)F)NC(=O)c1ccc(/C=C/C(c2cc(Cl)c(Cl)c(Cl)c2)C(F)(F)F)cc1C(F)(F)F. The summed E-state index contributed by atoms with van der Waals surface area (Å²) in [6, 6.07) is 2.27. The van der Waals surface area contributed by atoms with Gasteiger partial charge in [-0.2, -0.15) is 39.5 Å². The smallest absolute Gasteiger partial charge is 0.348 e. The third-order valence-electron chi connectivity index (χ3n) is 5.46. The fourth-order valence-electron chi connectivity index (χ4n) is 3.61. The van der Waals surface area contributed by atoms with Crippen molar-refractivity contribution in [2.75, 3.05) is 11.5 Å². The first kappa shape index (κ1) is 35.0. The van der Waals surface area contributed by atoms with Crippen molar-refractivity contribution in [2.24, 2.45) is 0 Å². The maximum Gasteiger partial charge on any atom is 0.417 e. The summed E-state index contributed by atoms with van der Waals surface area (Å²) in [5, 5.41) is 1.20. The van der Waals surface area contributed by atoms with Gasteiger partial charge in [0.05, 0.1) is 37.9 Å². The average Bonchev–Trinajstić information content (AvgIpc) is 2.78. The maximum absolute atomic E-state index is 13.8. The Kier molecular flexibility index (Phi) is 11.1. The molecular formula is C24H19Cl3F9NO3S. The van der Waals surface area contributed by atoms with E-state index in [2.05, 4.69) is 0 Å². The lowest BCUT2D eigenvalue weighted by atomic mass is 9.96. The van der Waals surface area contributed by atoms with Gasteiger partial charge in [-0.3, -0.25) is 4.79 Å². The Labute approximate surface area is 243 Å². The molecule has 17 heteroatoms. The normalized spacial score (nSPS) is 14.8. The molecule has 2 unspecified atom stereocenters. The second-order valence-corrected chi connectivity index (χ2v) is 12.0. The van der Waals surface area contributed by atoms with Crippen molar-refractivity contribution in [3.63, 3.8) is 0 Å². The Hall–Kier alpha value is -2.16. The minimum Gasteiger partial charge on any atom is -0.348 e. The van der Waals surface area contributed by atoms with Crippen molar-refractivity contribution >= 4 is 56.6 Å². The molecule has 2 rings (SSSR count). The van der Waals surface area contributed by atoms with Gasteiger partial charge in [0.25, 0.3) is 5.91 Å². The zero-order chi connectivity index (χ0) is 31.6. The zero-order valence-corrected chi connectivity index (χ0v) is 23.6. The largest absolute Gasteiger partial charge is 0.417 e. The van der Waals surface area contributed by atoms with Gasteiger partial charge in [-0.15, -0.1) is 0 Å². The van der Waals surface area contributed by atoms with Gasteiger partial charge in [0.1, 0.15) is 5.75 Å². The summed E-state index contributed by atoms with van der Waals surface area (Å²) in [6.07, 6.45) is -14.1. The quantitative estimate of drug-likeness (QED) is 0.214. The molecule has 0 aromatic heterocycles. The highest BCUT2D eigenvalue weighted by atomic mass is 35.5. The van der Waals surface area contributed by atoms with Crippen LogP contribution in [0.1, 0.15) is 46.3 Å². The summed E-state index contributed by atoms with van der Waals surface area (Å²) in [5.41, 5.74) is -3.45. The molecule has 0 bridgehead atoms. The van der Waals surface area contributed by atoms with Gasteiger partial charge in [-0.1, -0.05) is 59.9 Å². The van der Waals surface area contributed by atoms with E-state index >= 15 is 0 Å². The van der Waals surface area contributed by atoms with Crippen molar-refractivity contribution in [3.05, 3.63) is 73.7 Å². The number of benzene rings is 2. The second-order valence-electron chi connectivity index (χ2n) is 8.73. The summed E-state index contributed by atoms with van der Waals surface area (Å²) >= 11 is 17.4. The van der Waals surface area contributed by atoms with Crippen LogP contribution in [0.5, 0.6) is 0 Å².